The molecule has 0 spiro atoms. The van der Waals surface area contributed by atoms with E-state index in [9.17, 15) is 14.7 Å². The highest BCUT2D eigenvalue weighted by molar-refractivity contribution is 6.31. The van der Waals surface area contributed by atoms with Crippen LogP contribution in [0.25, 0.3) is 0 Å². The molecular weight excluding hydrogens is 290 g/mol. The first kappa shape index (κ1) is 15.8. The van der Waals surface area contributed by atoms with E-state index in [1.54, 1.807) is 11.0 Å². The van der Waals surface area contributed by atoms with Gasteiger partial charge in [-0.15, -0.1) is 0 Å². The van der Waals surface area contributed by atoms with Gasteiger partial charge in [0.25, 0.3) is 0 Å². The molecule has 0 saturated carbocycles. The van der Waals surface area contributed by atoms with Crippen LogP contribution in [0, 0.1) is 12.8 Å². The van der Waals surface area contributed by atoms with Crippen LogP contribution in [-0.4, -0.2) is 28.4 Å². The number of amides is 1. The summed E-state index contributed by atoms with van der Waals surface area (Å²) >= 11 is 6.17. The number of piperidine rings is 1. The second kappa shape index (κ2) is 6.48. The molecule has 1 saturated heterocycles. The SMILES string of the molecule is CCCN1C(=O)CCC(C(=O)O)C1c1ccc(C)c(Cl)c1. The molecule has 5 heteroatoms. The van der Waals surface area contributed by atoms with Gasteiger partial charge in [0.2, 0.25) is 5.91 Å². The summed E-state index contributed by atoms with van der Waals surface area (Å²) in [5, 5.41) is 10.1. The van der Waals surface area contributed by atoms with Gasteiger partial charge in [-0.05, 0) is 37.0 Å². The summed E-state index contributed by atoms with van der Waals surface area (Å²) in [6.07, 6.45) is 1.48. The molecule has 2 unspecified atom stereocenters. The van der Waals surface area contributed by atoms with Crippen molar-refractivity contribution in [3.63, 3.8) is 0 Å². The monoisotopic (exact) mass is 309 g/mol. The van der Waals surface area contributed by atoms with E-state index < -0.39 is 17.9 Å². The molecule has 0 radical (unpaired) electrons. The van der Waals surface area contributed by atoms with Crippen LogP contribution in [0.5, 0.6) is 0 Å². The van der Waals surface area contributed by atoms with Gasteiger partial charge in [-0.25, -0.2) is 0 Å². The number of carboxylic acids is 1. The number of hydrogen-bond acceptors (Lipinski definition) is 2. The summed E-state index contributed by atoms with van der Waals surface area (Å²) in [4.78, 5) is 25.5. The minimum atomic E-state index is -0.856. The van der Waals surface area contributed by atoms with E-state index in [-0.39, 0.29) is 5.91 Å². The molecule has 1 aromatic carbocycles. The summed E-state index contributed by atoms with van der Waals surface area (Å²) < 4.78 is 0. The van der Waals surface area contributed by atoms with E-state index in [0.29, 0.717) is 24.4 Å². The van der Waals surface area contributed by atoms with Crippen LogP contribution in [0.3, 0.4) is 0 Å². The van der Waals surface area contributed by atoms with Crippen molar-refractivity contribution in [2.45, 2.75) is 39.2 Å². The third-order valence-corrected chi connectivity index (χ3v) is 4.43. The van der Waals surface area contributed by atoms with Crippen LogP contribution in [0.15, 0.2) is 18.2 Å². The van der Waals surface area contributed by atoms with Gasteiger partial charge in [-0.2, -0.15) is 0 Å². The molecule has 0 bridgehead atoms. The molecule has 0 aliphatic carbocycles. The quantitative estimate of drug-likeness (QED) is 0.927. The van der Waals surface area contributed by atoms with Gasteiger partial charge in [0.05, 0.1) is 12.0 Å². The van der Waals surface area contributed by atoms with Crippen LogP contribution in [0.4, 0.5) is 0 Å². The van der Waals surface area contributed by atoms with Crippen LogP contribution in [0.2, 0.25) is 5.02 Å². The zero-order chi connectivity index (χ0) is 15.6. The zero-order valence-corrected chi connectivity index (χ0v) is 13.1. The Kier molecular flexibility index (Phi) is 4.88. The summed E-state index contributed by atoms with van der Waals surface area (Å²) in [5.74, 6) is -1.41. The van der Waals surface area contributed by atoms with Crippen molar-refractivity contribution in [3.8, 4) is 0 Å². The fraction of sp³-hybridized carbons (Fsp3) is 0.500. The largest absolute Gasteiger partial charge is 0.481 e. The van der Waals surface area contributed by atoms with Gasteiger partial charge in [0, 0.05) is 18.0 Å². The molecule has 1 aromatic rings. The predicted molar refractivity (Wildman–Crippen MR) is 81.3 cm³/mol. The minimum Gasteiger partial charge on any atom is -0.481 e. The van der Waals surface area contributed by atoms with Gasteiger partial charge < -0.3 is 10.0 Å². The molecule has 0 aromatic heterocycles. The lowest BCUT2D eigenvalue weighted by Gasteiger charge is -2.39. The molecule has 1 amide bonds. The number of rotatable bonds is 4. The number of hydrogen-bond donors (Lipinski definition) is 1. The van der Waals surface area contributed by atoms with Gasteiger partial charge in [-0.1, -0.05) is 30.7 Å². The number of benzene rings is 1. The van der Waals surface area contributed by atoms with E-state index in [4.69, 9.17) is 11.6 Å². The second-order valence-electron chi connectivity index (χ2n) is 5.52. The average Bonchev–Trinajstić information content (AvgIpc) is 2.44. The molecule has 21 heavy (non-hydrogen) atoms. The minimum absolute atomic E-state index is 0.0241. The van der Waals surface area contributed by atoms with Crippen molar-refractivity contribution in [2.75, 3.05) is 6.54 Å². The van der Waals surface area contributed by atoms with Gasteiger partial charge in [-0.3, -0.25) is 9.59 Å². The van der Waals surface area contributed by atoms with Gasteiger partial charge in [0.1, 0.15) is 0 Å². The molecule has 1 aliphatic rings. The normalized spacial score (nSPS) is 22.4. The molecule has 2 rings (SSSR count). The number of aliphatic carboxylic acids is 1. The molecule has 4 nitrogen and oxygen atoms in total. The number of carbonyl (C=O) groups excluding carboxylic acids is 1. The second-order valence-corrected chi connectivity index (χ2v) is 5.93. The van der Waals surface area contributed by atoms with Crippen LogP contribution in [-0.2, 0) is 9.59 Å². The summed E-state index contributed by atoms with van der Waals surface area (Å²) in [7, 11) is 0. The fourth-order valence-electron chi connectivity index (χ4n) is 2.92. The number of halogens is 1. The van der Waals surface area contributed by atoms with Crippen LogP contribution < -0.4 is 0 Å². The average molecular weight is 310 g/mol. The van der Waals surface area contributed by atoms with Crippen molar-refractivity contribution in [2.24, 2.45) is 5.92 Å². The topological polar surface area (TPSA) is 57.6 Å². The summed E-state index contributed by atoms with van der Waals surface area (Å²) in [5.41, 5.74) is 1.75. The summed E-state index contributed by atoms with van der Waals surface area (Å²) in [6.45, 7) is 4.45. The maximum atomic E-state index is 12.2. The van der Waals surface area contributed by atoms with Crippen molar-refractivity contribution in [1.29, 1.82) is 0 Å². The van der Waals surface area contributed by atoms with E-state index >= 15 is 0 Å². The van der Waals surface area contributed by atoms with E-state index in [1.807, 2.05) is 26.0 Å². The van der Waals surface area contributed by atoms with Gasteiger partial charge >= 0.3 is 5.97 Å². The molecule has 114 valence electrons. The smallest absolute Gasteiger partial charge is 0.308 e. The number of carboxylic acid groups (broad SMARTS) is 1. The molecule has 1 heterocycles. The molecule has 1 fully saturated rings. The predicted octanol–water partition coefficient (Wildman–Crippen LogP) is 3.42. The molecule has 1 aliphatic heterocycles. The Morgan fingerprint density at radius 1 is 1.48 bits per heavy atom. The Morgan fingerprint density at radius 3 is 2.76 bits per heavy atom. The van der Waals surface area contributed by atoms with Crippen LogP contribution in [0.1, 0.15) is 43.4 Å². The first-order valence-corrected chi connectivity index (χ1v) is 7.61. The van der Waals surface area contributed by atoms with Crippen molar-refractivity contribution >= 4 is 23.5 Å². The fourth-order valence-corrected chi connectivity index (χ4v) is 3.11. The van der Waals surface area contributed by atoms with Gasteiger partial charge in [0.15, 0.2) is 0 Å². The maximum Gasteiger partial charge on any atom is 0.308 e. The maximum absolute atomic E-state index is 12.2. The zero-order valence-electron chi connectivity index (χ0n) is 12.3. The van der Waals surface area contributed by atoms with E-state index in [0.717, 1.165) is 17.5 Å². The molecular formula is C16H20ClNO3. The first-order valence-electron chi connectivity index (χ1n) is 7.24. The molecule has 1 N–H and O–H groups in total. The number of aryl methyl sites for hydroxylation is 1. The lowest BCUT2D eigenvalue weighted by atomic mass is 9.84. The third kappa shape index (κ3) is 3.21. The third-order valence-electron chi connectivity index (χ3n) is 4.03. The Bertz CT molecular complexity index is 558. The Morgan fingerprint density at radius 2 is 2.19 bits per heavy atom. The van der Waals surface area contributed by atoms with Crippen LogP contribution >= 0.6 is 11.6 Å². The number of carbonyl (C=O) groups is 2. The first-order chi connectivity index (χ1) is 9.95. The Hall–Kier alpha value is -1.55. The van der Waals surface area contributed by atoms with Crippen molar-refractivity contribution in [3.05, 3.63) is 34.3 Å². The summed E-state index contributed by atoms with van der Waals surface area (Å²) in [6, 6.07) is 5.11. The van der Waals surface area contributed by atoms with E-state index in [1.165, 1.54) is 0 Å². The highest BCUT2D eigenvalue weighted by Crippen LogP contribution is 2.38. The highest BCUT2D eigenvalue weighted by atomic mass is 35.5. The Labute approximate surface area is 129 Å². The highest BCUT2D eigenvalue weighted by Gasteiger charge is 2.40. The lowest BCUT2D eigenvalue weighted by Crippen LogP contribution is -2.45. The van der Waals surface area contributed by atoms with Crippen molar-refractivity contribution in [1.82, 2.24) is 4.90 Å². The van der Waals surface area contributed by atoms with E-state index in [2.05, 4.69) is 0 Å². The molecule has 2 atom stereocenters. The van der Waals surface area contributed by atoms with Crippen molar-refractivity contribution < 1.29 is 14.7 Å². The number of nitrogens with zero attached hydrogens (tertiary/aromatic N) is 1. The lowest BCUT2D eigenvalue weighted by molar-refractivity contribution is -0.152. The number of likely N-dealkylation sites (tertiary alicyclic amines) is 1. The standard InChI is InChI=1S/C16H20ClNO3/c1-3-8-18-14(19)7-6-12(16(20)21)15(18)11-5-4-10(2)13(17)9-11/h4-5,9,12,15H,3,6-8H2,1-2H3,(H,20,21). The Balaban J connectivity index is 2.45.